The van der Waals surface area contributed by atoms with Gasteiger partial charge >= 0.3 is 0 Å². The molecule has 0 N–H and O–H groups in total. The number of carbonyl (C=O) groups excluding carboxylic acids is 1. The Hall–Kier alpha value is -2.56. The standard InChI is InChI=1S/C14H12N2O3/c1-9-8-15-10(2)6-13(9)14(17)11-4-3-5-12(7-11)16(18)19/h3-8H,1-2H3. The molecule has 19 heavy (non-hydrogen) atoms. The third-order valence-corrected chi connectivity index (χ3v) is 2.80. The van der Waals surface area contributed by atoms with Crippen molar-refractivity contribution in [2.24, 2.45) is 0 Å². The molecule has 0 aliphatic heterocycles. The highest BCUT2D eigenvalue weighted by atomic mass is 16.6. The van der Waals surface area contributed by atoms with Gasteiger partial charge in [-0.2, -0.15) is 0 Å². The normalized spacial score (nSPS) is 10.2. The fourth-order valence-electron chi connectivity index (χ4n) is 1.79. The van der Waals surface area contributed by atoms with Crippen LogP contribution < -0.4 is 0 Å². The van der Waals surface area contributed by atoms with Crippen molar-refractivity contribution in [3.63, 3.8) is 0 Å². The molecule has 0 aliphatic carbocycles. The van der Waals surface area contributed by atoms with E-state index in [1.54, 1.807) is 32.2 Å². The van der Waals surface area contributed by atoms with Crippen molar-refractivity contribution in [3.05, 3.63) is 69.0 Å². The fraction of sp³-hybridized carbons (Fsp3) is 0.143. The first kappa shape index (κ1) is 12.9. The van der Waals surface area contributed by atoms with Crippen LogP contribution in [0.5, 0.6) is 0 Å². The largest absolute Gasteiger partial charge is 0.289 e. The molecular formula is C14H12N2O3. The minimum absolute atomic E-state index is 0.0886. The maximum atomic E-state index is 12.3. The Morgan fingerprint density at radius 2 is 2.00 bits per heavy atom. The van der Waals surface area contributed by atoms with Gasteiger partial charge in [0.15, 0.2) is 5.78 Å². The van der Waals surface area contributed by atoms with Gasteiger partial charge in [0.1, 0.15) is 0 Å². The Labute approximate surface area is 110 Å². The van der Waals surface area contributed by atoms with Crippen molar-refractivity contribution in [1.82, 2.24) is 4.98 Å². The summed E-state index contributed by atoms with van der Waals surface area (Å²) in [6, 6.07) is 7.43. The molecule has 1 aromatic carbocycles. The molecule has 1 heterocycles. The Bertz CT molecular complexity index is 665. The molecular weight excluding hydrogens is 244 g/mol. The summed E-state index contributed by atoms with van der Waals surface area (Å²) in [7, 11) is 0. The summed E-state index contributed by atoms with van der Waals surface area (Å²) in [6.07, 6.45) is 1.62. The van der Waals surface area contributed by atoms with Crippen LogP contribution in [-0.4, -0.2) is 15.7 Å². The first-order chi connectivity index (χ1) is 8.99. The van der Waals surface area contributed by atoms with E-state index in [9.17, 15) is 14.9 Å². The van der Waals surface area contributed by atoms with Crippen molar-refractivity contribution >= 4 is 11.5 Å². The Morgan fingerprint density at radius 1 is 1.26 bits per heavy atom. The average Bonchev–Trinajstić information content (AvgIpc) is 2.41. The van der Waals surface area contributed by atoms with E-state index < -0.39 is 4.92 Å². The van der Waals surface area contributed by atoms with Gasteiger partial charge in [-0.3, -0.25) is 19.9 Å². The van der Waals surface area contributed by atoms with Gasteiger partial charge in [0.2, 0.25) is 0 Å². The summed E-state index contributed by atoms with van der Waals surface area (Å²) < 4.78 is 0. The maximum absolute atomic E-state index is 12.3. The third kappa shape index (κ3) is 2.65. The fourth-order valence-corrected chi connectivity index (χ4v) is 1.79. The predicted octanol–water partition coefficient (Wildman–Crippen LogP) is 2.84. The van der Waals surface area contributed by atoms with E-state index >= 15 is 0 Å². The highest BCUT2D eigenvalue weighted by Gasteiger charge is 2.15. The number of pyridine rings is 1. The van der Waals surface area contributed by atoms with Crippen LogP contribution in [0.3, 0.4) is 0 Å². The molecule has 0 bridgehead atoms. The van der Waals surface area contributed by atoms with E-state index in [-0.39, 0.29) is 11.5 Å². The maximum Gasteiger partial charge on any atom is 0.270 e. The summed E-state index contributed by atoms with van der Waals surface area (Å²) in [4.78, 5) is 26.6. The lowest BCUT2D eigenvalue weighted by atomic mass is 9.99. The van der Waals surface area contributed by atoms with Crippen molar-refractivity contribution in [2.45, 2.75) is 13.8 Å². The van der Waals surface area contributed by atoms with Crippen molar-refractivity contribution in [1.29, 1.82) is 0 Å². The average molecular weight is 256 g/mol. The van der Waals surface area contributed by atoms with Crippen LogP contribution in [0.15, 0.2) is 36.5 Å². The van der Waals surface area contributed by atoms with E-state index in [2.05, 4.69) is 4.98 Å². The lowest BCUT2D eigenvalue weighted by Crippen LogP contribution is -2.05. The van der Waals surface area contributed by atoms with E-state index in [0.717, 1.165) is 11.3 Å². The molecule has 0 unspecified atom stereocenters. The van der Waals surface area contributed by atoms with Gasteiger partial charge in [-0.15, -0.1) is 0 Å². The number of nitro benzene ring substituents is 1. The third-order valence-electron chi connectivity index (χ3n) is 2.80. The van der Waals surface area contributed by atoms with Gasteiger partial charge in [-0.25, -0.2) is 0 Å². The zero-order valence-electron chi connectivity index (χ0n) is 10.6. The smallest absolute Gasteiger partial charge is 0.270 e. The van der Waals surface area contributed by atoms with Crippen LogP contribution in [0.25, 0.3) is 0 Å². The summed E-state index contributed by atoms with van der Waals surface area (Å²) in [5.41, 5.74) is 2.23. The monoisotopic (exact) mass is 256 g/mol. The molecule has 2 aromatic rings. The number of carbonyl (C=O) groups is 1. The molecule has 2 rings (SSSR count). The number of ketones is 1. The van der Waals surface area contributed by atoms with Gasteiger partial charge in [0, 0.05) is 35.2 Å². The molecule has 5 nitrogen and oxygen atoms in total. The summed E-state index contributed by atoms with van der Waals surface area (Å²) in [5.74, 6) is -0.230. The number of aromatic nitrogens is 1. The zero-order chi connectivity index (χ0) is 14.0. The van der Waals surface area contributed by atoms with Crippen LogP contribution in [-0.2, 0) is 0 Å². The Morgan fingerprint density at radius 3 is 2.68 bits per heavy atom. The molecule has 0 atom stereocenters. The van der Waals surface area contributed by atoms with Crippen molar-refractivity contribution in [3.8, 4) is 0 Å². The minimum Gasteiger partial charge on any atom is -0.289 e. The number of rotatable bonds is 3. The molecule has 96 valence electrons. The molecule has 5 heteroatoms. The summed E-state index contributed by atoms with van der Waals surface area (Å²) in [5, 5.41) is 10.7. The van der Waals surface area contributed by atoms with E-state index in [1.807, 2.05) is 0 Å². The number of hydrogen-bond acceptors (Lipinski definition) is 4. The number of non-ortho nitro benzene ring substituents is 1. The molecule has 0 saturated carbocycles. The molecule has 0 radical (unpaired) electrons. The molecule has 1 aromatic heterocycles. The van der Waals surface area contributed by atoms with Crippen molar-refractivity contribution < 1.29 is 9.72 Å². The van der Waals surface area contributed by atoms with Crippen LogP contribution in [0.1, 0.15) is 27.2 Å². The number of hydrogen-bond donors (Lipinski definition) is 0. The molecule has 0 amide bonds. The lowest BCUT2D eigenvalue weighted by molar-refractivity contribution is -0.384. The second kappa shape index (κ2) is 4.97. The van der Waals surface area contributed by atoms with Gasteiger partial charge in [-0.05, 0) is 25.5 Å². The molecule has 0 fully saturated rings. The zero-order valence-corrected chi connectivity index (χ0v) is 10.6. The van der Waals surface area contributed by atoms with Crippen LogP contribution in [0.2, 0.25) is 0 Å². The summed E-state index contributed by atoms with van der Waals surface area (Å²) in [6.45, 7) is 3.58. The van der Waals surface area contributed by atoms with E-state index in [0.29, 0.717) is 11.1 Å². The highest BCUT2D eigenvalue weighted by molar-refractivity contribution is 6.10. The van der Waals surface area contributed by atoms with Crippen LogP contribution >= 0.6 is 0 Å². The molecule has 0 spiro atoms. The first-order valence-corrected chi connectivity index (χ1v) is 5.71. The van der Waals surface area contributed by atoms with Gasteiger partial charge in [-0.1, -0.05) is 12.1 Å². The molecule has 0 aliphatic rings. The highest BCUT2D eigenvalue weighted by Crippen LogP contribution is 2.18. The number of aryl methyl sites for hydroxylation is 2. The van der Waals surface area contributed by atoms with Gasteiger partial charge < -0.3 is 0 Å². The predicted molar refractivity (Wildman–Crippen MR) is 70.2 cm³/mol. The Kier molecular flexibility index (Phi) is 3.37. The minimum atomic E-state index is -0.512. The van der Waals surface area contributed by atoms with Crippen LogP contribution in [0, 0.1) is 24.0 Å². The Balaban J connectivity index is 2.47. The summed E-state index contributed by atoms with van der Waals surface area (Å²) >= 11 is 0. The molecule has 0 saturated heterocycles. The first-order valence-electron chi connectivity index (χ1n) is 5.71. The van der Waals surface area contributed by atoms with Crippen LogP contribution in [0.4, 0.5) is 5.69 Å². The lowest BCUT2D eigenvalue weighted by Gasteiger charge is -2.05. The second-order valence-electron chi connectivity index (χ2n) is 4.28. The van der Waals surface area contributed by atoms with E-state index in [1.165, 1.54) is 18.2 Å². The van der Waals surface area contributed by atoms with Gasteiger partial charge in [0.05, 0.1) is 4.92 Å². The number of benzene rings is 1. The number of nitro groups is 1. The quantitative estimate of drug-likeness (QED) is 0.481. The van der Waals surface area contributed by atoms with Gasteiger partial charge in [0.25, 0.3) is 5.69 Å². The second-order valence-corrected chi connectivity index (χ2v) is 4.28. The van der Waals surface area contributed by atoms with Crippen molar-refractivity contribution in [2.75, 3.05) is 0 Å². The number of nitrogens with zero attached hydrogens (tertiary/aromatic N) is 2. The van der Waals surface area contributed by atoms with E-state index in [4.69, 9.17) is 0 Å². The topological polar surface area (TPSA) is 73.1 Å². The SMILES string of the molecule is Cc1cc(C(=O)c2cccc([N+](=O)[O-])c2)c(C)cn1.